The number of ether oxygens (including phenoxy) is 1. The molecule has 2 rings (SSSR count). The predicted molar refractivity (Wildman–Crippen MR) is 76.5 cm³/mol. The lowest BCUT2D eigenvalue weighted by Gasteiger charge is -2.42. The Bertz CT molecular complexity index is 435. The molecule has 1 aromatic heterocycles. The number of nitrogen functional groups attached to an aromatic ring is 1. The van der Waals surface area contributed by atoms with E-state index in [1.807, 2.05) is 6.07 Å². The monoisotopic (exact) mass is 265 g/mol. The smallest absolute Gasteiger partial charge is 0.225 e. The highest BCUT2D eigenvalue weighted by atomic mass is 16.5. The maximum absolute atomic E-state index is 5.70. The molecule has 0 spiro atoms. The molecule has 0 atom stereocenters. The van der Waals surface area contributed by atoms with E-state index in [1.54, 1.807) is 7.11 Å². The minimum atomic E-state index is 0.217. The third-order valence-electron chi connectivity index (χ3n) is 3.47. The Morgan fingerprint density at radius 2 is 1.79 bits per heavy atom. The van der Waals surface area contributed by atoms with Crippen LogP contribution in [0.5, 0.6) is 5.88 Å². The summed E-state index contributed by atoms with van der Waals surface area (Å²) in [5.41, 5.74) is 5.92. The molecular weight excluding hydrogens is 242 g/mol. The summed E-state index contributed by atoms with van der Waals surface area (Å²) in [4.78, 5) is 13.0. The first-order valence-electron chi connectivity index (χ1n) is 6.58. The molecule has 0 aromatic carbocycles. The highest BCUT2D eigenvalue weighted by molar-refractivity contribution is 5.45. The average Bonchev–Trinajstić information content (AvgIpc) is 2.37. The van der Waals surface area contributed by atoms with Gasteiger partial charge >= 0.3 is 0 Å². The number of piperazine rings is 1. The molecule has 6 nitrogen and oxygen atoms in total. The fourth-order valence-corrected chi connectivity index (χ4v) is 2.30. The number of methoxy groups -OCH3 is 1. The lowest BCUT2D eigenvalue weighted by Crippen LogP contribution is -2.53. The summed E-state index contributed by atoms with van der Waals surface area (Å²) in [6.45, 7) is 10.7. The Balaban J connectivity index is 2.07. The van der Waals surface area contributed by atoms with Crippen LogP contribution in [0.15, 0.2) is 6.07 Å². The number of nitrogens with zero attached hydrogens (tertiary/aromatic N) is 4. The van der Waals surface area contributed by atoms with E-state index >= 15 is 0 Å². The molecule has 106 valence electrons. The van der Waals surface area contributed by atoms with Crippen LogP contribution in [0.1, 0.15) is 20.8 Å². The van der Waals surface area contributed by atoms with Crippen LogP contribution in [0.2, 0.25) is 0 Å². The molecule has 0 amide bonds. The molecular formula is C13H23N5O. The van der Waals surface area contributed by atoms with Crippen molar-refractivity contribution in [1.82, 2.24) is 14.9 Å². The normalized spacial score (nSPS) is 17.6. The molecule has 19 heavy (non-hydrogen) atoms. The Morgan fingerprint density at radius 3 is 2.32 bits per heavy atom. The standard InChI is InChI=1S/C13H23N5O/c1-13(2,3)18-7-5-17(6-8-18)10-9-11(19-4)16-12(14)15-10/h9H,5-8H2,1-4H3,(H2,14,15,16). The lowest BCUT2D eigenvalue weighted by atomic mass is 10.1. The van der Waals surface area contributed by atoms with Crippen LogP contribution in [0.3, 0.4) is 0 Å². The van der Waals surface area contributed by atoms with Gasteiger partial charge in [0.05, 0.1) is 7.11 Å². The van der Waals surface area contributed by atoms with Gasteiger partial charge in [-0.15, -0.1) is 0 Å². The second kappa shape index (κ2) is 5.21. The van der Waals surface area contributed by atoms with Crippen molar-refractivity contribution >= 4 is 11.8 Å². The van der Waals surface area contributed by atoms with Crippen molar-refractivity contribution in [3.05, 3.63) is 6.07 Å². The van der Waals surface area contributed by atoms with E-state index < -0.39 is 0 Å². The van der Waals surface area contributed by atoms with Gasteiger partial charge in [-0.1, -0.05) is 0 Å². The van der Waals surface area contributed by atoms with Gasteiger partial charge in [0.2, 0.25) is 11.8 Å². The van der Waals surface area contributed by atoms with E-state index in [9.17, 15) is 0 Å². The quantitative estimate of drug-likeness (QED) is 0.860. The first kappa shape index (κ1) is 13.9. The van der Waals surface area contributed by atoms with E-state index in [4.69, 9.17) is 10.5 Å². The lowest BCUT2D eigenvalue weighted by molar-refractivity contribution is 0.128. The maximum Gasteiger partial charge on any atom is 0.225 e. The molecule has 0 aliphatic carbocycles. The van der Waals surface area contributed by atoms with Crippen LogP contribution in [-0.4, -0.2) is 53.7 Å². The second-order valence-electron chi connectivity index (χ2n) is 5.77. The van der Waals surface area contributed by atoms with Gasteiger partial charge < -0.3 is 15.4 Å². The van der Waals surface area contributed by atoms with E-state index in [0.29, 0.717) is 5.88 Å². The van der Waals surface area contributed by atoms with Crippen LogP contribution < -0.4 is 15.4 Å². The molecule has 1 saturated heterocycles. The minimum absolute atomic E-state index is 0.217. The van der Waals surface area contributed by atoms with E-state index in [2.05, 4.69) is 40.5 Å². The summed E-state index contributed by atoms with van der Waals surface area (Å²) >= 11 is 0. The summed E-state index contributed by atoms with van der Waals surface area (Å²) in [7, 11) is 1.59. The van der Waals surface area contributed by atoms with E-state index in [-0.39, 0.29) is 11.5 Å². The molecule has 1 fully saturated rings. The third kappa shape index (κ3) is 3.26. The summed E-state index contributed by atoms with van der Waals surface area (Å²) in [5, 5.41) is 0. The Hall–Kier alpha value is -1.56. The average molecular weight is 265 g/mol. The highest BCUT2D eigenvalue weighted by Crippen LogP contribution is 2.22. The molecule has 1 aromatic rings. The molecule has 0 bridgehead atoms. The zero-order valence-electron chi connectivity index (χ0n) is 12.2. The molecule has 2 N–H and O–H groups in total. The predicted octanol–water partition coefficient (Wildman–Crippen LogP) is 0.988. The van der Waals surface area contributed by atoms with Crippen LogP contribution in [0.25, 0.3) is 0 Å². The largest absolute Gasteiger partial charge is 0.481 e. The van der Waals surface area contributed by atoms with Gasteiger partial charge in [-0.3, -0.25) is 4.90 Å². The van der Waals surface area contributed by atoms with E-state index in [1.165, 1.54) is 0 Å². The molecule has 2 heterocycles. The fraction of sp³-hybridized carbons (Fsp3) is 0.692. The minimum Gasteiger partial charge on any atom is -0.481 e. The highest BCUT2D eigenvalue weighted by Gasteiger charge is 2.26. The van der Waals surface area contributed by atoms with Crippen molar-refractivity contribution in [2.45, 2.75) is 26.3 Å². The molecule has 6 heteroatoms. The first-order valence-corrected chi connectivity index (χ1v) is 6.58. The van der Waals surface area contributed by atoms with Crippen molar-refractivity contribution in [2.75, 3.05) is 43.9 Å². The number of hydrogen-bond acceptors (Lipinski definition) is 6. The van der Waals surface area contributed by atoms with Crippen molar-refractivity contribution in [3.63, 3.8) is 0 Å². The van der Waals surface area contributed by atoms with Gasteiger partial charge in [-0.2, -0.15) is 9.97 Å². The molecule has 0 unspecified atom stereocenters. The Kier molecular flexibility index (Phi) is 3.80. The van der Waals surface area contributed by atoms with Gasteiger partial charge in [0.1, 0.15) is 5.82 Å². The Morgan fingerprint density at radius 1 is 1.16 bits per heavy atom. The van der Waals surface area contributed by atoms with Crippen molar-refractivity contribution < 1.29 is 4.74 Å². The van der Waals surface area contributed by atoms with Gasteiger partial charge in [0, 0.05) is 37.8 Å². The van der Waals surface area contributed by atoms with Crippen LogP contribution >= 0.6 is 0 Å². The molecule has 0 radical (unpaired) electrons. The number of aromatic nitrogens is 2. The fourth-order valence-electron chi connectivity index (χ4n) is 2.30. The Labute approximate surface area is 114 Å². The number of rotatable bonds is 2. The maximum atomic E-state index is 5.70. The van der Waals surface area contributed by atoms with Gasteiger partial charge in [0.25, 0.3) is 0 Å². The van der Waals surface area contributed by atoms with Crippen molar-refractivity contribution in [2.24, 2.45) is 0 Å². The topological polar surface area (TPSA) is 67.5 Å². The van der Waals surface area contributed by atoms with Gasteiger partial charge in [-0.25, -0.2) is 0 Å². The second-order valence-corrected chi connectivity index (χ2v) is 5.77. The van der Waals surface area contributed by atoms with E-state index in [0.717, 1.165) is 32.0 Å². The number of nitrogens with two attached hydrogens (primary N) is 1. The molecule has 1 aliphatic rings. The first-order chi connectivity index (χ1) is 8.90. The number of anilines is 2. The summed E-state index contributed by atoms with van der Waals surface area (Å²) in [5.74, 6) is 1.62. The van der Waals surface area contributed by atoms with Crippen LogP contribution in [-0.2, 0) is 0 Å². The van der Waals surface area contributed by atoms with Crippen molar-refractivity contribution in [1.29, 1.82) is 0 Å². The molecule has 0 saturated carbocycles. The summed E-state index contributed by atoms with van der Waals surface area (Å²) in [6, 6.07) is 1.84. The summed E-state index contributed by atoms with van der Waals surface area (Å²) in [6.07, 6.45) is 0. The third-order valence-corrected chi connectivity index (χ3v) is 3.47. The summed E-state index contributed by atoms with van der Waals surface area (Å²) < 4.78 is 5.13. The van der Waals surface area contributed by atoms with Crippen molar-refractivity contribution in [3.8, 4) is 5.88 Å². The van der Waals surface area contributed by atoms with Crippen LogP contribution in [0.4, 0.5) is 11.8 Å². The SMILES string of the molecule is COc1cc(N2CCN(C(C)(C)C)CC2)nc(N)n1. The van der Waals surface area contributed by atoms with Gasteiger partial charge in [-0.05, 0) is 20.8 Å². The van der Waals surface area contributed by atoms with Gasteiger partial charge in [0.15, 0.2) is 0 Å². The molecule has 1 aliphatic heterocycles. The number of hydrogen-bond donors (Lipinski definition) is 1. The zero-order valence-corrected chi connectivity index (χ0v) is 12.2. The van der Waals surface area contributed by atoms with Crippen LogP contribution in [0, 0.1) is 0 Å². The zero-order chi connectivity index (χ0) is 14.0.